The lowest BCUT2D eigenvalue weighted by molar-refractivity contribution is 0.579. The van der Waals surface area contributed by atoms with E-state index in [4.69, 9.17) is 0 Å². The molecule has 0 radical (unpaired) electrons. The Labute approximate surface area is 146 Å². The van der Waals surface area contributed by atoms with Gasteiger partial charge in [0.2, 0.25) is 10.0 Å². The lowest BCUT2D eigenvalue weighted by Crippen LogP contribution is -2.24. The van der Waals surface area contributed by atoms with Gasteiger partial charge in [0.1, 0.15) is 4.90 Å². The molecule has 7 nitrogen and oxygen atoms in total. The summed E-state index contributed by atoms with van der Waals surface area (Å²) in [6.45, 7) is 3.56. The molecule has 25 heavy (non-hydrogen) atoms. The molecule has 0 aromatic carbocycles. The fourth-order valence-electron chi connectivity index (χ4n) is 2.73. The van der Waals surface area contributed by atoms with Crippen LogP contribution in [0, 0.1) is 13.8 Å². The second-order valence-corrected chi connectivity index (χ2v) is 7.40. The zero-order valence-corrected chi connectivity index (χ0v) is 15.1. The van der Waals surface area contributed by atoms with Crippen LogP contribution in [0.25, 0.3) is 11.3 Å². The SMILES string of the molecule is Cc1nn(C)c(C)c1S(=O)(=O)NCc1cccnc1-c1cccnc1. The molecule has 0 aliphatic carbocycles. The van der Waals surface area contributed by atoms with Gasteiger partial charge in [-0.25, -0.2) is 13.1 Å². The van der Waals surface area contributed by atoms with Crippen LogP contribution in [0.2, 0.25) is 0 Å². The van der Waals surface area contributed by atoms with Crippen LogP contribution >= 0.6 is 0 Å². The summed E-state index contributed by atoms with van der Waals surface area (Å²) < 4.78 is 29.6. The van der Waals surface area contributed by atoms with E-state index >= 15 is 0 Å². The maximum absolute atomic E-state index is 12.7. The summed E-state index contributed by atoms with van der Waals surface area (Å²) in [6.07, 6.45) is 5.06. The van der Waals surface area contributed by atoms with Crippen LogP contribution in [0.15, 0.2) is 47.8 Å². The Balaban J connectivity index is 1.90. The number of hydrogen-bond acceptors (Lipinski definition) is 5. The van der Waals surface area contributed by atoms with E-state index < -0.39 is 10.0 Å². The van der Waals surface area contributed by atoms with Gasteiger partial charge in [-0.3, -0.25) is 14.6 Å². The minimum absolute atomic E-state index is 0.133. The molecule has 0 spiro atoms. The van der Waals surface area contributed by atoms with Crippen LogP contribution in [0.1, 0.15) is 17.0 Å². The van der Waals surface area contributed by atoms with Crippen LogP contribution in [-0.2, 0) is 23.6 Å². The van der Waals surface area contributed by atoms with Crippen molar-refractivity contribution in [3.8, 4) is 11.3 Å². The largest absolute Gasteiger partial charge is 0.271 e. The molecule has 3 heterocycles. The second kappa shape index (κ2) is 6.73. The van der Waals surface area contributed by atoms with Crippen LogP contribution < -0.4 is 4.72 Å². The average Bonchev–Trinajstić information content (AvgIpc) is 2.87. The van der Waals surface area contributed by atoms with Crippen molar-refractivity contribution in [1.29, 1.82) is 0 Å². The first-order valence-electron chi connectivity index (χ1n) is 7.74. The van der Waals surface area contributed by atoms with Crippen molar-refractivity contribution < 1.29 is 8.42 Å². The van der Waals surface area contributed by atoms with Crippen molar-refractivity contribution in [2.75, 3.05) is 0 Å². The third-order valence-corrected chi connectivity index (χ3v) is 5.64. The average molecular weight is 357 g/mol. The fraction of sp³-hybridized carbons (Fsp3) is 0.235. The van der Waals surface area contributed by atoms with Gasteiger partial charge in [-0.1, -0.05) is 6.07 Å². The first kappa shape index (κ1) is 17.2. The molecule has 1 N–H and O–H groups in total. The molecule has 0 amide bonds. The number of nitrogens with one attached hydrogen (secondary N) is 1. The predicted octanol–water partition coefficient (Wildman–Crippen LogP) is 1.97. The topological polar surface area (TPSA) is 89.8 Å². The number of aromatic nitrogens is 4. The first-order chi connectivity index (χ1) is 11.9. The summed E-state index contributed by atoms with van der Waals surface area (Å²) in [5.41, 5.74) is 3.40. The number of aryl methyl sites for hydroxylation is 2. The molecule has 3 aromatic rings. The number of rotatable bonds is 5. The van der Waals surface area contributed by atoms with Crippen molar-refractivity contribution in [2.45, 2.75) is 25.3 Å². The van der Waals surface area contributed by atoms with Gasteiger partial charge < -0.3 is 0 Å². The predicted molar refractivity (Wildman–Crippen MR) is 94.2 cm³/mol. The van der Waals surface area contributed by atoms with Gasteiger partial charge in [-0.15, -0.1) is 0 Å². The minimum atomic E-state index is -3.67. The highest BCUT2D eigenvalue weighted by atomic mass is 32.2. The van der Waals surface area contributed by atoms with E-state index in [1.54, 1.807) is 50.2 Å². The zero-order chi connectivity index (χ0) is 18.0. The molecule has 0 aliphatic heterocycles. The van der Waals surface area contributed by atoms with Crippen LogP contribution in [0.3, 0.4) is 0 Å². The summed E-state index contributed by atoms with van der Waals surface area (Å²) in [6, 6.07) is 7.34. The Bertz CT molecular complexity index is 997. The third kappa shape index (κ3) is 3.45. The van der Waals surface area contributed by atoms with Gasteiger partial charge in [-0.05, 0) is 37.6 Å². The molecule has 0 atom stereocenters. The van der Waals surface area contributed by atoms with Gasteiger partial charge in [0, 0.05) is 37.7 Å². The van der Waals surface area contributed by atoms with Gasteiger partial charge in [-0.2, -0.15) is 5.10 Å². The van der Waals surface area contributed by atoms with E-state index in [1.807, 2.05) is 18.2 Å². The quantitative estimate of drug-likeness (QED) is 0.754. The lowest BCUT2D eigenvalue weighted by Gasteiger charge is -2.10. The maximum atomic E-state index is 12.7. The van der Waals surface area contributed by atoms with Crippen LogP contribution in [0.4, 0.5) is 0 Å². The smallest absolute Gasteiger partial charge is 0.244 e. The lowest BCUT2D eigenvalue weighted by atomic mass is 10.1. The van der Waals surface area contributed by atoms with E-state index in [1.165, 1.54) is 0 Å². The maximum Gasteiger partial charge on any atom is 0.244 e. The molecule has 0 bridgehead atoms. The third-order valence-electron chi connectivity index (χ3n) is 3.99. The molecular weight excluding hydrogens is 338 g/mol. The van der Waals surface area contributed by atoms with Crippen molar-refractivity contribution in [1.82, 2.24) is 24.5 Å². The normalized spacial score (nSPS) is 11.6. The Hall–Kier alpha value is -2.58. The Morgan fingerprint density at radius 2 is 1.92 bits per heavy atom. The van der Waals surface area contributed by atoms with Gasteiger partial charge in [0.15, 0.2) is 0 Å². The molecule has 0 aliphatic rings. The number of nitrogens with zero attached hydrogens (tertiary/aromatic N) is 4. The molecule has 3 aromatic heterocycles. The van der Waals surface area contributed by atoms with Crippen molar-refractivity contribution in [2.24, 2.45) is 7.05 Å². The van der Waals surface area contributed by atoms with E-state index in [-0.39, 0.29) is 11.4 Å². The second-order valence-electron chi connectivity index (χ2n) is 5.70. The van der Waals surface area contributed by atoms with E-state index in [0.29, 0.717) is 17.1 Å². The Morgan fingerprint density at radius 1 is 1.16 bits per heavy atom. The molecule has 0 unspecified atom stereocenters. The number of hydrogen-bond donors (Lipinski definition) is 1. The van der Waals surface area contributed by atoms with Gasteiger partial charge in [0.25, 0.3) is 0 Å². The molecule has 8 heteroatoms. The summed E-state index contributed by atoms with van der Waals surface area (Å²) in [7, 11) is -1.95. The van der Waals surface area contributed by atoms with Crippen molar-refractivity contribution >= 4 is 10.0 Å². The summed E-state index contributed by atoms with van der Waals surface area (Å²) in [4.78, 5) is 8.69. The molecule has 130 valence electrons. The highest BCUT2D eigenvalue weighted by Gasteiger charge is 2.23. The Morgan fingerprint density at radius 3 is 2.56 bits per heavy atom. The highest BCUT2D eigenvalue weighted by Crippen LogP contribution is 2.22. The summed E-state index contributed by atoms with van der Waals surface area (Å²) in [5.74, 6) is 0. The zero-order valence-electron chi connectivity index (χ0n) is 14.3. The molecule has 3 rings (SSSR count). The van der Waals surface area contributed by atoms with Crippen molar-refractivity contribution in [3.63, 3.8) is 0 Å². The standard InChI is InChI=1S/C17H19N5O2S/c1-12-17(13(2)22(3)21-12)25(23,24)20-11-15-7-5-9-19-16(15)14-6-4-8-18-10-14/h4-10,20H,11H2,1-3H3. The summed E-state index contributed by atoms with van der Waals surface area (Å²) >= 11 is 0. The highest BCUT2D eigenvalue weighted by molar-refractivity contribution is 7.89. The van der Waals surface area contributed by atoms with E-state index in [2.05, 4.69) is 19.8 Å². The van der Waals surface area contributed by atoms with Crippen LogP contribution in [0.5, 0.6) is 0 Å². The monoisotopic (exact) mass is 357 g/mol. The Kier molecular flexibility index (Phi) is 4.65. The molecule has 0 fully saturated rings. The number of pyridine rings is 2. The molecule has 0 saturated carbocycles. The minimum Gasteiger partial charge on any atom is -0.271 e. The van der Waals surface area contributed by atoms with Crippen LogP contribution in [-0.4, -0.2) is 28.2 Å². The van der Waals surface area contributed by atoms with Crippen molar-refractivity contribution in [3.05, 3.63) is 59.8 Å². The molecule has 0 saturated heterocycles. The first-order valence-corrected chi connectivity index (χ1v) is 9.22. The van der Waals surface area contributed by atoms with E-state index in [0.717, 1.165) is 11.1 Å². The van der Waals surface area contributed by atoms with E-state index in [9.17, 15) is 8.42 Å². The molecular formula is C17H19N5O2S. The van der Waals surface area contributed by atoms with Gasteiger partial charge >= 0.3 is 0 Å². The fourth-order valence-corrected chi connectivity index (χ4v) is 4.17. The number of sulfonamides is 1. The van der Waals surface area contributed by atoms with Gasteiger partial charge in [0.05, 0.1) is 17.1 Å². The summed E-state index contributed by atoms with van der Waals surface area (Å²) in [5, 5.41) is 4.17.